The summed E-state index contributed by atoms with van der Waals surface area (Å²) in [5.74, 6) is 0. The van der Waals surface area contributed by atoms with Gasteiger partial charge in [0, 0.05) is 43.5 Å². The number of benzene rings is 7. The number of rotatable bonds is 10. The first-order chi connectivity index (χ1) is 31.6. The fraction of sp³-hybridized carbons (Fsp3) is 0.148. The molecule has 0 bridgehead atoms. The Morgan fingerprint density at radius 1 is 0.547 bits per heavy atom. The highest BCUT2D eigenvalue weighted by Crippen LogP contribution is 2.55. The van der Waals surface area contributed by atoms with Gasteiger partial charge in [-0.25, -0.2) is 0 Å². The zero-order valence-corrected chi connectivity index (χ0v) is 37.5. The number of hydrogen-bond acceptors (Lipinski definition) is 3. The van der Waals surface area contributed by atoms with E-state index in [2.05, 4.69) is 230 Å². The monoisotopic (exact) mass is 844 g/mol. The number of anilines is 5. The van der Waals surface area contributed by atoms with Crippen molar-refractivity contribution in [3.8, 4) is 22.3 Å². The molecule has 4 aliphatic rings. The molecule has 312 valence electrons. The molecule has 1 aliphatic heterocycles. The fourth-order valence-electron chi connectivity index (χ4n) is 10.5. The molecule has 0 atom stereocenters. The molecule has 7 aromatic rings. The van der Waals surface area contributed by atoms with Crippen molar-refractivity contribution >= 4 is 57.9 Å². The van der Waals surface area contributed by atoms with Gasteiger partial charge in [0.05, 0.1) is 11.4 Å². The average Bonchev–Trinajstić information content (AvgIpc) is 3.64. The van der Waals surface area contributed by atoms with Gasteiger partial charge in [0.1, 0.15) is 0 Å². The Kier molecular flexibility index (Phi) is 10.7. The zero-order chi connectivity index (χ0) is 43.0. The van der Waals surface area contributed by atoms with Gasteiger partial charge in [-0.1, -0.05) is 171 Å². The summed E-state index contributed by atoms with van der Waals surface area (Å²) in [5, 5.41) is 0. The van der Waals surface area contributed by atoms with Crippen molar-refractivity contribution in [1.82, 2.24) is 0 Å². The molecule has 7 aromatic carbocycles. The van der Waals surface area contributed by atoms with E-state index in [1.807, 2.05) is 11.8 Å². The topological polar surface area (TPSA) is 6.48 Å². The lowest BCUT2D eigenvalue weighted by atomic mass is 9.73. The van der Waals surface area contributed by atoms with Crippen LogP contribution in [0.25, 0.3) is 40.0 Å². The molecule has 0 fully saturated rings. The number of allylic oxidation sites excluding steroid dienone is 7. The molecule has 0 amide bonds. The molecule has 0 saturated heterocycles. The van der Waals surface area contributed by atoms with E-state index >= 15 is 0 Å². The summed E-state index contributed by atoms with van der Waals surface area (Å²) >= 11 is 1.90. The third kappa shape index (κ3) is 7.09. The van der Waals surface area contributed by atoms with Crippen LogP contribution in [0.4, 0.5) is 28.4 Å². The standard InChI is InChI=1S/C61H52N2S/c1-3-61(4-2)54-40-44(32-37-51(54)52-38-36-50(42-55(52)61)62(48-20-10-6-11-21-48)49-22-12-7-13-23-49)29-28-43-30-33-46(34-31-43)53-41-47(45-18-8-5-9-19-45)35-39-56(53)63-57-24-14-16-26-59(57)64-60-27-17-15-25-58(60)63/h6-8,10-14,16-24,26-42H,3-5,9,15,25H2,1-2H3/b29-28+. The van der Waals surface area contributed by atoms with E-state index in [-0.39, 0.29) is 5.41 Å². The Morgan fingerprint density at radius 2 is 1.20 bits per heavy atom. The Labute approximate surface area is 383 Å². The van der Waals surface area contributed by atoms with Gasteiger partial charge in [0.25, 0.3) is 0 Å². The summed E-state index contributed by atoms with van der Waals surface area (Å²) in [6, 6.07) is 60.9. The average molecular weight is 845 g/mol. The normalized spacial score (nSPS) is 15.7. The Balaban J connectivity index is 0.925. The predicted octanol–water partition coefficient (Wildman–Crippen LogP) is 17.6. The highest BCUT2D eigenvalue weighted by molar-refractivity contribution is 8.03. The lowest BCUT2D eigenvalue weighted by molar-refractivity contribution is 0.490. The fourth-order valence-corrected chi connectivity index (χ4v) is 11.6. The van der Waals surface area contributed by atoms with Gasteiger partial charge in [-0.05, 0) is 149 Å². The van der Waals surface area contributed by atoms with E-state index in [9.17, 15) is 0 Å². The van der Waals surface area contributed by atoms with Crippen LogP contribution < -0.4 is 9.80 Å². The lowest BCUT2D eigenvalue weighted by Gasteiger charge is -2.37. The molecule has 64 heavy (non-hydrogen) atoms. The summed E-state index contributed by atoms with van der Waals surface area (Å²) < 4.78 is 0. The quantitative estimate of drug-likeness (QED) is 0.127. The molecular weight excluding hydrogens is 793 g/mol. The van der Waals surface area contributed by atoms with Crippen LogP contribution >= 0.6 is 11.8 Å². The van der Waals surface area contributed by atoms with E-state index in [1.54, 1.807) is 0 Å². The molecule has 0 saturated carbocycles. The maximum atomic E-state index is 2.55. The van der Waals surface area contributed by atoms with Crippen LogP contribution in [0.1, 0.15) is 80.2 Å². The van der Waals surface area contributed by atoms with Gasteiger partial charge in [-0.3, -0.25) is 0 Å². The van der Waals surface area contributed by atoms with Gasteiger partial charge < -0.3 is 9.80 Å². The highest BCUT2D eigenvalue weighted by Gasteiger charge is 2.41. The maximum absolute atomic E-state index is 2.55. The molecule has 0 spiro atoms. The zero-order valence-electron chi connectivity index (χ0n) is 36.7. The van der Waals surface area contributed by atoms with E-state index in [4.69, 9.17) is 0 Å². The predicted molar refractivity (Wildman–Crippen MR) is 275 cm³/mol. The summed E-state index contributed by atoms with van der Waals surface area (Å²) in [4.78, 5) is 7.58. The van der Waals surface area contributed by atoms with Crippen LogP contribution in [0.2, 0.25) is 0 Å². The van der Waals surface area contributed by atoms with Crippen molar-refractivity contribution in [1.29, 1.82) is 0 Å². The second-order valence-corrected chi connectivity index (χ2v) is 18.4. The molecule has 0 N–H and O–H groups in total. The Morgan fingerprint density at radius 3 is 1.94 bits per heavy atom. The van der Waals surface area contributed by atoms with Gasteiger partial charge in [-0.15, -0.1) is 0 Å². The number of thioether (sulfide) groups is 1. The van der Waals surface area contributed by atoms with Crippen molar-refractivity contribution < 1.29 is 0 Å². The first-order valence-corrected chi connectivity index (χ1v) is 23.9. The molecule has 11 rings (SSSR count). The van der Waals surface area contributed by atoms with Crippen molar-refractivity contribution in [3.05, 3.63) is 233 Å². The van der Waals surface area contributed by atoms with Crippen molar-refractivity contribution in [2.24, 2.45) is 0 Å². The first kappa shape index (κ1) is 40.0. The Hall–Kier alpha value is -6.81. The van der Waals surface area contributed by atoms with E-state index in [0.717, 1.165) is 49.9 Å². The lowest BCUT2D eigenvalue weighted by Crippen LogP contribution is -2.23. The van der Waals surface area contributed by atoms with Crippen LogP contribution in [-0.2, 0) is 5.41 Å². The molecule has 3 heteroatoms. The van der Waals surface area contributed by atoms with E-state index < -0.39 is 0 Å². The highest BCUT2D eigenvalue weighted by atomic mass is 32.2. The molecular formula is C61H52N2S. The number of hydrogen-bond donors (Lipinski definition) is 0. The maximum Gasteiger partial charge on any atom is 0.0598 e. The summed E-state index contributed by atoms with van der Waals surface area (Å²) in [6.07, 6.45) is 22.6. The number of para-hydroxylation sites is 3. The molecule has 0 aromatic heterocycles. The third-order valence-electron chi connectivity index (χ3n) is 13.8. The molecule has 0 unspecified atom stereocenters. The van der Waals surface area contributed by atoms with Gasteiger partial charge >= 0.3 is 0 Å². The SMILES string of the molecule is CCC1(CC)c2cc(/C=C/c3ccc(-c4cc(C5=CCCC=C5)ccc4N4C5=C(C=CCC5)Sc5ccccc54)cc3)ccc2-c2ccc(N(c3ccccc3)c3ccccc3)cc21. The van der Waals surface area contributed by atoms with Crippen LogP contribution in [-0.4, -0.2) is 0 Å². The third-order valence-corrected chi connectivity index (χ3v) is 15.0. The van der Waals surface area contributed by atoms with Crippen molar-refractivity contribution in [3.63, 3.8) is 0 Å². The van der Waals surface area contributed by atoms with Gasteiger partial charge in [0.2, 0.25) is 0 Å². The summed E-state index contributed by atoms with van der Waals surface area (Å²) in [5.41, 5.74) is 20.4. The van der Waals surface area contributed by atoms with Crippen LogP contribution in [0.5, 0.6) is 0 Å². The van der Waals surface area contributed by atoms with Crippen molar-refractivity contribution in [2.75, 3.05) is 9.80 Å². The minimum absolute atomic E-state index is 0.0702. The van der Waals surface area contributed by atoms with Crippen LogP contribution in [0, 0.1) is 0 Å². The summed E-state index contributed by atoms with van der Waals surface area (Å²) in [6.45, 7) is 4.72. The van der Waals surface area contributed by atoms with Crippen LogP contribution in [0.3, 0.4) is 0 Å². The number of fused-ring (bicyclic) bond motifs is 4. The molecule has 0 radical (unpaired) electrons. The largest absolute Gasteiger partial charge is 0.311 e. The van der Waals surface area contributed by atoms with Gasteiger partial charge in [-0.2, -0.15) is 0 Å². The van der Waals surface area contributed by atoms with Gasteiger partial charge in [0.15, 0.2) is 0 Å². The minimum Gasteiger partial charge on any atom is -0.311 e. The smallest absolute Gasteiger partial charge is 0.0598 e. The second kappa shape index (κ2) is 17.1. The molecule has 2 nitrogen and oxygen atoms in total. The molecule has 1 heterocycles. The number of nitrogens with zero attached hydrogens (tertiary/aromatic N) is 2. The van der Waals surface area contributed by atoms with Crippen molar-refractivity contribution in [2.45, 2.75) is 62.7 Å². The second-order valence-electron chi connectivity index (χ2n) is 17.3. The molecule has 3 aliphatic carbocycles. The van der Waals surface area contributed by atoms with Crippen LogP contribution in [0.15, 0.2) is 210 Å². The minimum atomic E-state index is -0.0702. The summed E-state index contributed by atoms with van der Waals surface area (Å²) in [7, 11) is 0. The van der Waals surface area contributed by atoms with E-state index in [0.29, 0.717) is 0 Å². The van der Waals surface area contributed by atoms with E-state index in [1.165, 1.54) is 88.2 Å². The first-order valence-electron chi connectivity index (χ1n) is 23.1. The Bertz CT molecular complexity index is 3000.